The lowest BCUT2D eigenvalue weighted by molar-refractivity contribution is -0.142. The van der Waals surface area contributed by atoms with Gasteiger partial charge in [-0.25, -0.2) is 9.78 Å². The van der Waals surface area contributed by atoms with E-state index in [1.165, 1.54) is 24.7 Å². The van der Waals surface area contributed by atoms with E-state index in [1.807, 2.05) is 48.5 Å². The van der Waals surface area contributed by atoms with Gasteiger partial charge in [-0.15, -0.1) is 0 Å². The first-order valence-electron chi connectivity index (χ1n) is 14.4. The number of carbonyl (C=O) groups is 4. The standard InChI is InChI=1S/C33H36N6O6/c34-26(15-21-7-3-1-4-8-21)30(41)37-27(16-22-9-5-2-6-10-22)31(42)38-28(17-23-11-13-25(40)14-12-23)32(43)39-29(33(44)45)18-24-19-35-20-36-24/h1-14,19-20,26-29,40H,15-18,34H2,(H,35,36)(H,37,41)(H,38,42)(H,39,43)(H,44,45). The van der Waals surface area contributed by atoms with Crippen LogP contribution in [0.4, 0.5) is 0 Å². The number of aromatic amines is 1. The highest BCUT2D eigenvalue weighted by molar-refractivity contribution is 5.94. The number of rotatable bonds is 15. The van der Waals surface area contributed by atoms with Crippen LogP contribution in [-0.2, 0) is 44.9 Å². The molecule has 0 spiro atoms. The Hall–Kier alpha value is -5.49. The number of H-pyrrole nitrogens is 1. The molecule has 0 saturated carbocycles. The number of benzene rings is 3. The van der Waals surface area contributed by atoms with Gasteiger partial charge in [0.15, 0.2) is 0 Å². The van der Waals surface area contributed by atoms with Gasteiger partial charge in [0, 0.05) is 31.2 Å². The van der Waals surface area contributed by atoms with Crippen LogP contribution in [0.1, 0.15) is 22.4 Å². The Morgan fingerprint density at radius 1 is 0.667 bits per heavy atom. The molecule has 4 aromatic rings. The highest BCUT2D eigenvalue weighted by atomic mass is 16.4. The normalized spacial score (nSPS) is 13.5. The lowest BCUT2D eigenvalue weighted by Gasteiger charge is -2.25. The molecule has 4 unspecified atom stereocenters. The van der Waals surface area contributed by atoms with Crippen molar-refractivity contribution < 1.29 is 29.4 Å². The largest absolute Gasteiger partial charge is 0.508 e. The SMILES string of the molecule is NC(Cc1ccccc1)C(=O)NC(Cc1ccccc1)C(=O)NC(Cc1ccc(O)cc1)C(=O)NC(Cc1cnc[nH]1)C(=O)O. The maximum absolute atomic E-state index is 13.8. The number of phenols is 1. The third-order valence-corrected chi connectivity index (χ3v) is 7.15. The van der Waals surface area contributed by atoms with Crippen molar-refractivity contribution in [2.45, 2.75) is 49.9 Å². The molecule has 3 amide bonds. The Balaban J connectivity index is 1.54. The second-order valence-corrected chi connectivity index (χ2v) is 10.7. The number of aliphatic carboxylic acids is 1. The Labute approximate surface area is 260 Å². The van der Waals surface area contributed by atoms with Gasteiger partial charge in [-0.2, -0.15) is 0 Å². The quantitative estimate of drug-likeness (QED) is 0.104. The summed E-state index contributed by atoms with van der Waals surface area (Å²) in [5, 5.41) is 27.5. The van der Waals surface area contributed by atoms with E-state index in [1.54, 1.807) is 24.3 Å². The number of amides is 3. The van der Waals surface area contributed by atoms with Crippen LogP contribution in [0.5, 0.6) is 5.75 Å². The zero-order chi connectivity index (χ0) is 32.2. The predicted molar refractivity (Wildman–Crippen MR) is 166 cm³/mol. The fourth-order valence-corrected chi connectivity index (χ4v) is 4.74. The van der Waals surface area contributed by atoms with Crippen molar-refractivity contribution in [1.82, 2.24) is 25.9 Å². The molecule has 0 fully saturated rings. The molecule has 4 rings (SSSR count). The summed E-state index contributed by atoms with van der Waals surface area (Å²) in [7, 11) is 0. The number of phenolic OH excluding ortho intramolecular Hbond substituents is 1. The van der Waals surface area contributed by atoms with Gasteiger partial charge in [-0.05, 0) is 35.2 Å². The van der Waals surface area contributed by atoms with Gasteiger partial charge in [0.2, 0.25) is 17.7 Å². The molecular weight excluding hydrogens is 576 g/mol. The first kappa shape index (κ1) is 32.4. The molecule has 12 heteroatoms. The van der Waals surface area contributed by atoms with Gasteiger partial charge in [0.1, 0.15) is 23.9 Å². The van der Waals surface area contributed by atoms with Crippen molar-refractivity contribution in [3.63, 3.8) is 0 Å². The van der Waals surface area contributed by atoms with Crippen LogP contribution in [0, 0.1) is 0 Å². The monoisotopic (exact) mass is 612 g/mol. The Bertz CT molecular complexity index is 1550. The second-order valence-electron chi connectivity index (χ2n) is 10.7. The number of aromatic hydroxyl groups is 1. The van der Waals surface area contributed by atoms with Gasteiger partial charge in [0.25, 0.3) is 0 Å². The first-order valence-corrected chi connectivity index (χ1v) is 14.4. The van der Waals surface area contributed by atoms with Crippen LogP contribution in [0.3, 0.4) is 0 Å². The van der Waals surface area contributed by atoms with Crippen molar-refractivity contribution in [2.75, 3.05) is 0 Å². The van der Waals surface area contributed by atoms with E-state index in [4.69, 9.17) is 5.73 Å². The maximum Gasteiger partial charge on any atom is 0.326 e. The number of imidazole rings is 1. The maximum atomic E-state index is 13.8. The number of nitrogens with two attached hydrogens (primary N) is 1. The van der Waals surface area contributed by atoms with Crippen LogP contribution >= 0.6 is 0 Å². The second kappa shape index (κ2) is 15.8. The Kier molecular flexibility index (Phi) is 11.4. The summed E-state index contributed by atoms with van der Waals surface area (Å²) in [5.74, 6) is -3.19. The predicted octanol–water partition coefficient (Wildman–Crippen LogP) is 1.25. The van der Waals surface area contributed by atoms with Crippen LogP contribution in [0.25, 0.3) is 0 Å². The van der Waals surface area contributed by atoms with E-state index in [0.29, 0.717) is 11.3 Å². The van der Waals surface area contributed by atoms with E-state index >= 15 is 0 Å². The lowest BCUT2D eigenvalue weighted by atomic mass is 10.0. The summed E-state index contributed by atoms with van der Waals surface area (Å²) >= 11 is 0. The summed E-state index contributed by atoms with van der Waals surface area (Å²) < 4.78 is 0. The Morgan fingerprint density at radius 2 is 1.16 bits per heavy atom. The molecule has 1 heterocycles. The third-order valence-electron chi connectivity index (χ3n) is 7.15. The zero-order valence-electron chi connectivity index (χ0n) is 24.4. The number of hydrogen-bond acceptors (Lipinski definition) is 7. The van der Waals surface area contributed by atoms with E-state index in [2.05, 4.69) is 25.9 Å². The molecule has 3 aromatic carbocycles. The minimum atomic E-state index is -1.31. The average molecular weight is 613 g/mol. The number of aromatic nitrogens is 2. The molecule has 12 nitrogen and oxygen atoms in total. The zero-order valence-corrected chi connectivity index (χ0v) is 24.4. The van der Waals surface area contributed by atoms with Gasteiger partial charge >= 0.3 is 5.97 Å². The topological polar surface area (TPSA) is 200 Å². The van der Waals surface area contributed by atoms with Gasteiger partial charge < -0.3 is 36.9 Å². The molecule has 45 heavy (non-hydrogen) atoms. The average Bonchev–Trinajstić information content (AvgIpc) is 3.55. The van der Waals surface area contributed by atoms with E-state index in [9.17, 15) is 29.4 Å². The number of carboxylic acids is 1. The number of carboxylic acid groups (broad SMARTS) is 1. The van der Waals surface area contributed by atoms with Crippen molar-refractivity contribution in [2.24, 2.45) is 5.73 Å². The van der Waals surface area contributed by atoms with Crippen LogP contribution in [0.15, 0.2) is 97.5 Å². The molecule has 0 bridgehead atoms. The summed E-state index contributed by atoms with van der Waals surface area (Å²) in [6, 6.07) is 19.8. The van der Waals surface area contributed by atoms with E-state index in [-0.39, 0.29) is 31.4 Å². The number of hydrogen-bond donors (Lipinski definition) is 7. The van der Waals surface area contributed by atoms with Crippen molar-refractivity contribution >= 4 is 23.7 Å². The molecule has 1 aromatic heterocycles. The molecule has 4 atom stereocenters. The molecule has 8 N–H and O–H groups in total. The highest BCUT2D eigenvalue weighted by Crippen LogP contribution is 2.13. The minimum Gasteiger partial charge on any atom is -0.508 e. The molecule has 0 radical (unpaired) electrons. The van der Waals surface area contributed by atoms with Gasteiger partial charge in [0.05, 0.1) is 12.4 Å². The lowest BCUT2D eigenvalue weighted by Crippen LogP contribution is -2.58. The van der Waals surface area contributed by atoms with Crippen molar-refractivity contribution in [3.8, 4) is 5.75 Å². The Morgan fingerprint density at radius 3 is 1.67 bits per heavy atom. The molecule has 0 aliphatic heterocycles. The number of nitrogens with one attached hydrogen (secondary N) is 4. The first-order chi connectivity index (χ1) is 21.7. The fourth-order valence-electron chi connectivity index (χ4n) is 4.74. The summed E-state index contributed by atoms with van der Waals surface area (Å²) in [6.45, 7) is 0. The fraction of sp³-hybridized carbons (Fsp3) is 0.242. The van der Waals surface area contributed by atoms with Crippen LogP contribution in [-0.4, -0.2) is 68.0 Å². The van der Waals surface area contributed by atoms with Crippen molar-refractivity contribution in [1.29, 1.82) is 0 Å². The highest BCUT2D eigenvalue weighted by Gasteiger charge is 2.31. The number of nitrogens with zero attached hydrogens (tertiary/aromatic N) is 1. The minimum absolute atomic E-state index is 0.0201. The molecular formula is C33H36N6O6. The summed E-state index contributed by atoms with van der Waals surface area (Å²) in [4.78, 5) is 59.2. The van der Waals surface area contributed by atoms with Crippen molar-refractivity contribution in [3.05, 3.63) is 120 Å². The smallest absolute Gasteiger partial charge is 0.326 e. The van der Waals surface area contributed by atoms with Crippen LogP contribution < -0.4 is 21.7 Å². The molecule has 234 valence electrons. The van der Waals surface area contributed by atoms with Crippen LogP contribution in [0.2, 0.25) is 0 Å². The third kappa shape index (κ3) is 10.0. The molecule has 0 aliphatic rings. The van der Waals surface area contributed by atoms with Gasteiger partial charge in [-0.1, -0.05) is 72.8 Å². The number of carbonyl (C=O) groups excluding carboxylic acids is 3. The van der Waals surface area contributed by atoms with E-state index in [0.717, 1.165) is 11.1 Å². The summed E-state index contributed by atoms with van der Waals surface area (Å²) in [6.07, 6.45) is 3.14. The molecule has 0 aliphatic carbocycles. The van der Waals surface area contributed by atoms with Gasteiger partial charge in [-0.3, -0.25) is 14.4 Å². The van der Waals surface area contributed by atoms with E-state index < -0.39 is 47.9 Å². The summed E-state index contributed by atoms with van der Waals surface area (Å²) in [5.41, 5.74) is 8.92. The molecule has 0 saturated heterocycles.